The van der Waals surface area contributed by atoms with Gasteiger partial charge in [0.05, 0.1) is 11.0 Å². The second-order valence-electron chi connectivity index (χ2n) is 2.25. The average Bonchev–Trinajstić information content (AvgIpc) is 2.15. The van der Waals surface area contributed by atoms with Crippen LogP contribution in [0.2, 0.25) is 0 Å². The number of Topliss-reactive ketones (excluding diaryl/α,β-unsaturated/α-hetero) is 1. The van der Waals surface area contributed by atoms with Crippen molar-refractivity contribution in [2.45, 2.75) is 0 Å². The molecule has 0 aliphatic rings. The van der Waals surface area contributed by atoms with Crippen molar-refractivity contribution in [1.82, 2.24) is 0 Å². The molecule has 0 saturated heterocycles. The Morgan fingerprint density at radius 3 is 2.58 bits per heavy atom. The SMILES string of the molecule is O=C(CSCCl)c1ccccc1. The van der Waals surface area contributed by atoms with E-state index in [1.807, 2.05) is 30.3 Å². The van der Waals surface area contributed by atoms with E-state index in [-0.39, 0.29) is 5.78 Å². The Kier molecular flexibility index (Phi) is 4.19. The third-order valence-corrected chi connectivity index (χ3v) is 2.49. The number of ketones is 1. The maximum atomic E-state index is 11.3. The van der Waals surface area contributed by atoms with Crippen LogP contribution in [0.15, 0.2) is 30.3 Å². The molecule has 64 valence electrons. The van der Waals surface area contributed by atoms with Gasteiger partial charge in [0, 0.05) is 5.56 Å². The van der Waals surface area contributed by atoms with Crippen molar-refractivity contribution in [3.05, 3.63) is 35.9 Å². The summed E-state index contributed by atoms with van der Waals surface area (Å²) in [7, 11) is 0. The Morgan fingerprint density at radius 2 is 2.00 bits per heavy atom. The van der Waals surface area contributed by atoms with E-state index >= 15 is 0 Å². The zero-order valence-corrected chi connectivity index (χ0v) is 8.07. The lowest BCUT2D eigenvalue weighted by Gasteiger charge is -1.97. The maximum absolute atomic E-state index is 11.3. The van der Waals surface area contributed by atoms with Gasteiger partial charge in [0.15, 0.2) is 5.78 Å². The van der Waals surface area contributed by atoms with Crippen LogP contribution in [-0.4, -0.2) is 16.7 Å². The highest BCUT2D eigenvalue weighted by molar-refractivity contribution is 8.01. The van der Waals surface area contributed by atoms with Crippen molar-refractivity contribution >= 4 is 29.1 Å². The smallest absolute Gasteiger partial charge is 0.172 e. The number of carbonyl (C=O) groups is 1. The summed E-state index contributed by atoms with van der Waals surface area (Å²) in [6.45, 7) is 0. The Balaban J connectivity index is 2.54. The summed E-state index contributed by atoms with van der Waals surface area (Å²) in [6, 6.07) is 9.25. The summed E-state index contributed by atoms with van der Waals surface area (Å²) in [5.74, 6) is 0.606. The number of hydrogen-bond acceptors (Lipinski definition) is 2. The molecule has 0 unspecified atom stereocenters. The first-order chi connectivity index (χ1) is 5.84. The monoisotopic (exact) mass is 200 g/mol. The standard InChI is InChI=1S/C9H9ClOS/c10-7-12-6-9(11)8-4-2-1-3-5-8/h1-5H,6-7H2. The lowest BCUT2D eigenvalue weighted by Crippen LogP contribution is -2.01. The van der Waals surface area contributed by atoms with Gasteiger partial charge in [-0.25, -0.2) is 0 Å². The summed E-state index contributed by atoms with van der Waals surface area (Å²) in [6.07, 6.45) is 0. The van der Waals surface area contributed by atoms with Crippen LogP contribution in [0.1, 0.15) is 10.4 Å². The zero-order chi connectivity index (χ0) is 8.81. The molecule has 0 saturated carbocycles. The largest absolute Gasteiger partial charge is 0.293 e. The Labute approximate surface area is 81.1 Å². The van der Waals surface area contributed by atoms with Crippen molar-refractivity contribution < 1.29 is 4.79 Å². The first kappa shape index (κ1) is 9.62. The summed E-state index contributed by atoms with van der Waals surface area (Å²) in [5.41, 5.74) is 0.759. The minimum atomic E-state index is 0.140. The molecule has 12 heavy (non-hydrogen) atoms. The minimum absolute atomic E-state index is 0.140. The molecular formula is C9H9ClOS. The van der Waals surface area contributed by atoms with E-state index < -0.39 is 0 Å². The van der Waals surface area contributed by atoms with Crippen LogP contribution < -0.4 is 0 Å². The third kappa shape index (κ3) is 2.88. The van der Waals surface area contributed by atoms with Gasteiger partial charge in [-0.3, -0.25) is 4.79 Å². The van der Waals surface area contributed by atoms with Gasteiger partial charge in [-0.15, -0.1) is 23.4 Å². The van der Waals surface area contributed by atoms with E-state index in [0.29, 0.717) is 11.0 Å². The molecule has 0 fully saturated rings. The molecule has 1 aromatic carbocycles. The van der Waals surface area contributed by atoms with Crippen LogP contribution >= 0.6 is 23.4 Å². The van der Waals surface area contributed by atoms with E-state index in [1.165, 1.54) is 11.8 Å². The van der Waals surface area contributed by atoms with Crippen LogP contribution in [-0.2, 0) is 0 Å². The number of halogens is 1. The second-order valence-corrected chi connectivity index (χ2v) is 3.82. The molecule has 0 radical (unpaired) electrons. The van der Waals surface area contributed by atoms with Crippen LogP contribution in [0.3, 0.4) is 0 Å². The third-order valence-electron chi connectivity index (χ3n) is 1.41. The predicted octanol–water partition coefficient (Wildman–Crippen LogP) is 2.80. The molecule has 3 heteroatoms. The highest BCUT2D eigenvalue weighted by Crippen LogP contribution is 2.07. The highest BCUT2D eigenvalue weighted by Gasteiger charge is 2.03. The quantitative estimate of drug-likeness (QED) is 0.549. The fourth-order valence-electron chi connectivity index (χ4n) is 0.839. The molecule has 0 aromatic heterocycles. The van der Waals surface area contributed by atoms with E-state index in [2.05, 4.69) is 0 Å². The molecule has 0 N–H and O–H groups in total. The second kappa shape index (κ2) is 5.22. The van der Waals surface area contributed by atoms with Crippen LogP contribution in [0.25, 0.3) is 0 Å². The highest BCUT2D eigenvalue weighted by atomic mass is 35.5. The number of hydrogen-bond donors (Lipinski definition) is 0. The predicted molar refractivity (Wildman–Crippen MR) is 54.0 cm³/mol. The lowest BCUT2D eigenvalue weighted by molar-refractivity contribution is 0.102. The first-order valence-electron chi connectivity index (χ1n) is 3.56. The number of benzene rings is 1. The molecule has 1 nitrogen and oxygen atoms in total. The van der Waals surface area contributed by atoms with Crippen molar-refractivity contribution in [2.24, 2.45) is 0 Å². The van der Waals surface area contributed by atoms with Gasteiger partial charge in [-0.2, -0.15) is 0 Å². The fourth-order valence-corrected chi connectivity index (χ4v) is 1.50. The van der Waals surface area contributed by atoms with E-state index in [9.17, 15) is 4.79 Å². The van der Waals surface area contributed by atoms with Gasteiger partial charge >= 0.3 is 0 Å². The van der Waals surface area contributed by atoms with Gasteiger partial charge in [-0.05, 0) is 0 Å². The number of rotatable bonds is 4. The molecular weight excluding hydrogens is 192 g/mol. The Hall–Kier alpha value is -0.470. The molecule has 0 aliphatic carbocycles. The van der Waals surface area contributed by atoms with Crippen LogP contribution in [0.4, 0.5) is 0 Å². The van der Waals surface area contributed by atoms with Gasteiger partial charge < -0.3 is 0 Å². The van der Waals surface area contributed by atoms with Crippen molar-refractivity contribution in [3.63, 3.8) is 0 Å². The normalized spacial score (nSPS) is 9.75. The molecule has 0 aliphatic heterocycles. The Bertz CT molecular complexity index is 248. The summed E-state index contributed by atoms with van der Waals surface area (Å²) < 4.78 is 0. The molecule has 0 spiro atoms. The number of thioether (sulfide) groups is 1. The summed E-state index contributed by atoms with van der Waals surface area (Å²) >= 11 is 6.87. The lowest BCUT2D eigenvalue weighted by atomic mass is 10.2. The Morgan fingerprint density at radius 1 is 1.33 bits per heavy atom. The van der Waals surface area contributed by atoms with E-state index in [1.54, 1.807) is 0 Å². The van der Waals surface area contributed by atoms with Crippen molar-refractivity contribution in [1.29, 1.82) is 0 Å². The summed E-state index contributed by atoms with van der Waals surface area (Å²) in [4.78, 5) is 11.3. The molecule has 0 atom stereocenters. The first-order valence-corrected chi connectivity index (χ1v) is 5.25. The summed E-state index contributed by atoms with van der Waals surface area (Å²) in [5, 5.41) is 0.471. The topological polar surface area (TPSA) is 17.1 Å². The average molecular weight is 201 g/mol. The van der Waals surface area contributed by atoms with Crippen molar-refractivity contribution in [2.75, 3.05) is 11.0 Å². The van der Waals surface area contributed by atoms with E-state index in [4.69, 9.17) is 11.6 Å². The van der Waals surface area contributed by atoms with E-state index in [0.717, 1.165) is 5.56 Å². The molecule has 1 rings (SSSR count). The number of carbonyl (C=O) groups excluding carboxylic acids is 1. The molecule has 1 aromatic rings. The van der Waals surface area contributed by atoms with Crippen LogP contribution in [0, 0.1) is 0 Å². The van der Waals surface area contributed by atoms with Crippen molar-refractivity contribution in [3.8, 4) is 0 Å². The molecule has 0 bridgehead atoms. The van der Waals surface area contributed by atoms with Gasteiger partial charge in [0.25, 0.3) is 0 Å². The van der Waals surface area contributed by atoms with Crippen LogP contribution in [0.5, 0.6) is 0 Å². The fraction of sp³-hybridized carbons (Fsp3) is 0.222. The van der Waals surface area contributed by atoms with Gasteiger partial charge in [0.2, 0.25) is 0 Å². The van der Waals surface area contributed by atoms with Gasteiger partial charge in [-0.1, -0.05) is 30.3 Å². The number of alkyl halides is 1. The molecule has 0 amide bonds. The zero-order valence-electron chi connectivity index (χ0n) is 6.50. The minimum Gasteiger partial charge on any atom is -0.293 e. The molecule has 0 heterocycles. The van der Waals surface area contributed by atoms with Gasteiger partial charge in [0.1, 0.15) is 0 Å². The maximum Gasteiger partial charge on any atom is 0.172 e.